The van der Waals surface area contributed by atoms with Crippen LogP contribution >= 0.6 is 23.2 Å². The molecule has 1 N–H and O–H groups in total. The van der Waals surface area contributed by atoms with Crippen molar-refractivity contribution in [3.63, 3.8) is 0 Å². The average molecular weight is 518 g/mol. The summed E-state index contributed by atoms with van der Waals surface area (Å²) in [6, 6.07) is 9.27. The number of aromatic nitrogens is 1. The van der Waals surface area contributed by atoms with Crippen molar-refractivity contribution < 1.29 is 14.2 Å². The summed E-state index contributed by atoms with van der Waals surface area (Å²) in [4.78, 5) is 6.97. The number of rotatable bonds is 10. The molecule has 0 atom stereocenters. The van der Waals surface area contributed by atoms with Crippen LogP contribution in [0.2, 0.25) is 10.0 Å². The molecule has 188 valence electrons. The van der Waals surface area contributed by atoms with Gasteiger partial charge in [-0.15, -0.1) is 0 Å². The SMILES string of the molecule is CCOc1cc2c(Nc3cc(OC)c(Cl)cc3Cl)ccnc2cc1OCCCC1CCN(C)CC1. The number of pyridine rings is 1. The number of nitrogens with zero attached hydrogens (tertiary/aromatic N) is 2. The molecule has 2 aromatic carbocycles. The van der Waals surface area contributed by atoms with E-state index in [4.69, 9.17) is 37.4 Å². The standard InChI is InChI=1S/C27H33Cl2N3O3/c1-4-34-26-14-19-22(31-24-17-25(33-3)21(29)15-20(24)28)7-10-30-23(19)16-27(26)35-13-5-6-18-8-11-32(2)12-9-18/h7,10,14-18H,4-6,8-9,11-13H2,1-3H3,(H,30,31). The summed E-state index contributed by atoms with van der Waals surface area (Å²) >= 11 is 12.6. The number of hydrogen-bond donors (Lipinski definition) is 1. The first-order chi connectivity index (χ1) is 17.0. The van der Waals surface area contributed by atoms with E-state index in [1.807, 2.05) is 25.1 Å². The van der Waals surface area contributed by atoms with Gasteiger partial charge in [0, 0.05) is 29.4 Å². The van der Waals surface area contributed by atoms with Crippen molar-refractivity contribution in [2.24, 2.45) is 5.92 Å². The Labute approximate surface area is 217 Å². The van der Waals surface area contributed by atoms with E-state index in [2.05, 4.69) is 22.2 Å². The topological polar surface area (TPSA) is 55.9 Å². The van der Waals surface area contributed by atoms with Crippen LogP contribution in [0.15, 0.2) is 36.5 Å². The van der Waals surface area contributed by atoms with Gasteiger partial charge >= 0.3 is 0 Å². The molecular weight excluding hydrogens is 485 g/mol. The van der Waals surface area contributed by atoms with E-state index in [1.165, 1.54) is 32.4 Å². The molecule has 0 radical (unpaired) electrons. The lowest BCUT2D eigenvalue weighted by molar-refractivity contribution is 0.199. The van der Waals surface area contributed by atoms with E-state index in [0.717, 1.165) is 34.7 Å². The van der Waals surface area contributed by atoms with Gasteiger partial charge in [0.1, 0.15) is 5.75 Å². The first-order valence-corrected chi connectivity index (χ1v) is 12.9. The van der Waals surface area contributed by atoms with Crippen molar-refractivity contribution in [3.05, 3.63) is 46.6 Å². The lowest BCUT2D eigenvalue weighted by Crippen LogP contribution is -2.30. The molecule has 3 aromatic rings. The van der Waals surface area contributed by atoms with Crippen molar-refractivity contribution in [1.29, 1.82) is 0 Å². The van der Waals surface area contributed by atoms with Crippen LogP contribution in [0.5, 0.6) is 17.2 Å². The predicted octanol–water partition coefficient (Wildman–Crippen LogP) is 7.19. The first kappa shape index (κ1) is 25.7. The highest BCUT2D eigenvalue weighted by atomic mass is 35.5. The minimum Gasteiger partial charge on any atom is -0.495 e. The van der Waals surface area contributed by atoms with Crippen molar-refractivity contribution in [2.45, 2.75) is 32.6 Å². The van der Waals surface area contributed by atoms with Crippen LogP contribution in [0, 0.1) is 5.92 Å². The van der Waals surface area contributed by atoms with Gasteiger partial charge in [-0.1, -0.05) is 23.2 Å². The molecule has 0 bridgehead atoms. The number of nitrogens with one attached hydrogen (secondary N) is 1. The molecule has 0 amide bonds. The monoisotopic (exact) mass is 517 g/mol. The molecule has 0 saturated carbocycles. The van der Waals surface area contributed by atoms with Crippen molar-refractivity contribution >= 4 is 45.5 Å². The first-order valence-electron chi connectivity index (χ1n) is 12.2. The lowest BCUT2D eigenvalue weighted by atomic mass is 9.93. The van der Waals surface area contributed by atoms with Crippen molar-refractivity contribution in [2.75, 3.05) is 45.8 Å². The minimum atomic E-state index is 0.457. The summed E-state index contributed by atoms with van der Waals surface area (Å²) in [6.45, 7) is 5.56. The molecule has 0 spiro atoms. The molecular formula is C27H33Cl2N3O3. The summed E-state index contributed by atoms with van der Waals surface area (Å²) in [5.74, 6) is 2.77. The fourth-order valence-corrected chi connectivity index (χ4v) is 4.98. The third-order valence-electron chi connectivity index (χ3n) is 6.47. The zero-order valence-corrected chi connectivity index (χ0v) is 22.1. The van der Waals surface area contributed by atoms with Crippen LogP contribution in [0.25, 0.3) is 10.9 Å². The number of piperidine rings is 1. The second kappa shape index (κ2) is 12.0. The highest BCUT2D eigenvalue weighted by molar-refractivity contribution is 6.37. The lowest BCUT2D eigenvalue weighted by Gasteiger charge is -2.28. The minimum absolute atomic E-state index is 0.457. The highest BCUT2D eigenvalue weighted by Crippen LogP contribution is 2.39. The van der Waals surface area contributed by atoms with Gasteiger partial charge in [0.05, 0.1) is 41.6 Å². The van der Waals surface area contributed by atoms with E-state index in [0.29, 0.717) is 40.4 Å². The Morgan fingerprint density at radius 1 is 1.00 bits per heavy atom. The van der Waals surface area contributed by atoms with Crippen LogP contribution in [-0.2, 0) is 0 Å². The molecule has 0 unspecified atom stereocenters. The Hall–Kier alpha value is -2.41. The Morgan fingerprint density at radius 3 is 2.51 bits per heavy atom. The fraction of sp³-hybridized carbons (Fsp3) is 0.444. The van der Waals surface area contributed by atoms with E-state index in [-0.39, 0.29) is 0 Å². The second-order valence-electron chi connectivity index (χ2n) is 8.94. The molecule has 35 heavy (non-hydrogen) atoms. The fourth-order valence-electron chi connectivity index (χ4n) is 4.48. The van der Waals surface area contributed by atoms with Gasteiger partial charge in [0.15, 0.2) is 11.5 Å². The van der Waals surface area contributed by atoms with Gasteiger partial charge in [0.2, 0.25) is 0 Å². The van der Waals surface area contributed by atoms with Gasteiger partial charge in [-0.25, -0.2) is 0 Å². The molecule has 1 saturated heterocycles. The van der Waals surface area contributed by atoms with Gasteiger partial charge in [0.25, 0.3) is 0 Å². The number of likely N-dealkylation sites (tertiary alicyclic amines) is 1. The molecule has 1 aliphatic heterocycles. The maximum atomic E-state index is 6.43. The highest BCUT2D eigenvalue weighted by Gasteiger charge is 2.17. The molecule has 4 rings (SSSR count). The summed E-state index contributed by atoms with van der Waals surface area (Å²) in [6.07, 6.45) is 6.54. The Balaban J connectivity index is 1.51. The quantitative estimate of drug-likeness (QED) is 0.287. The van der Waals surface area contributed by atoms with Crippen LogP contribution in [0.1, 0.15) is 32.6 Å². The maximum absolute atomic E-state index is 6.43. The molecule has 1 fully saturated rings. The van der Waals surface area contributed by atoms with Crippen molar-refractivity contribution in [3.8, 4) is 17.2 Å². The summed E-state index contributed by atoms with van der Waals surface area (Å²) in [5, 5.41) is 5.24. The van der Waals surface area contributed by atoms with E-state index in [1.54, 1.807) is 25.4 Å². The zero-order valence-electron chi connectivity index (χ0n) is 20.6. The molecule has 0 aliphatic carbocycles. The normalized spacial score (nSPS) is 14.8. The zero-order chi connectivity index (χ0) is 24.8. The molecule has 6 nitrogen and oxygen atoms in total. The molecule has 1 aliphatic rings. The largest absolute Gasteiger partial charge is 0.495 e. The summed E-state index contributed by atoms with van der Waals surface area (Å²) in [7, 11) is 3.77. The molecule has 2 heterocycles. The van der Waals surface area contributed by atoms with Gasteiger partial charge in [-0.3, -0.25) is 4.98 Å². The number of anilines is 2. The van der Waals surface area contributed by atoms with E-state index in [9.17, 15) is 0 Å². The van der Waals surface area contributed by atoms with Crippen LogP contribution in [0.4, 0.5) is 11.4 Å². The number of benzene rings is 2. The van der Waals surface area contributed by atoms with Crippen LogP contribution in [0.3, 0.4) is 0 Å². The van der Waals surface area contributed by atoms with Crippen LogP contribution in [-0.4, -0.2) is 50.3 Å². The van der Waals surface area contributed by atoms with Crippen molar-refractivity contribution in [1.82, 2.24) is 9.88 Å². The molecule has 8 heteroatoms. The Kier molecular flexibility index (Phi) is 8.82. The predicted molar refractivity (Wildman–Crippen MR) is 144 cm³/mol. The third-order valence-corrected chi connectivity index (χ3v) is 7.08. The second-order valence-corrected chi connectivity index (χ2v) is 9.75. The van der Waals surface area contributed by atoms with Gasteiger partial charge in [-0.2, -0.15) is 0 Å². The smallest absolute Gasteiger partial charge is 0.163 e. The number of methoxy groups -OCH3 is 1. The van der Waals surface area contributed by atoms with Gasteiger partial charge in [-0.05, 0) is 76.9 Å². The average Bonchev–Trinajstić information content (AvgIpc) is 2.85. The number of halogens is 2. The van der Waals surface area contributed by atoms with Crippen LogP contribution < -0.4 is 19.5 Å². The molecule has 1 aromatic heterocycles. The number of fused-ring (bicyclic) bond motifs is 1. The Bertz CT molecular complexity index is 1150. The maximum Gasteiger partial charge on any atom is 0.163 e. The van der Waals surface area contributed by atoms with E-state index < -0.39 is 0 Å². The Morgan fingerprint density at radius 2 is 1.77 bits per heavy atom. The summed E-state index contributed by atoms with van der Waals surface area (Å²) < 4.78 is 17.5. The number of hydrogen-bond acceptors (Lipinski definition) is 6. The number of ether oxygens (including phenoxy) is 3. The van der Waals surface area contributed by atoms with Gasteiger partial charge < -0.3 is 24.4 Å². The van der Waals surface area contributed by atoms with E-state index >= 15 is 0 Å². The third kappa shape index (κ3) is 6.43. The summed E-state index contributed by atoms with van der Waals surface area (Å²) in [5.41, 5.74) is 2.34.